The third kappa shape index (κ3) is 4.07. The van der Waals surface area contributed by atoms with Crippen LogP contribution in [0.5, 0.6) is 0 Å². The van der Waals surface area contributed by atoms with Crippen LogP contribution in [-0.4, -0.2) is 49.7 Å². The maximum Gasteiger partial charge on any atom is 0.263 e. The van der Waals surface area contributed by atoms with Gasteiger partial charge in [-0.25, -0.2) is 4.98 Å². The monoisotopic (exact) mass is 449 g/mol. The summed E-state index contributed by atoms with van der Waals surface area (Å²) in [7, 11) is 1.85. The Balaban J connectivity index is 1.23. The highest BCUT2D eigenvalue weighted by molar-refractivity contribution is 7.21. The number of rotatable bonds is 6. The van der Waals surface area contributed by atoms with E-state index in [-0.39, 0.29) is 11.8 Å². The van der Waals surface area contributed by atoms with Gasteiger partial charge in [0.05, 0.1) is 5.69 Å². The minimum Gasteiger partial charge on any atom is -0.386 e. The number of amides is 1. The van der Waals surface area contributed by atoms with Crippen molar-refractivity contribution in [1.29, 1.82) is 0 Å². The number of hydrogen-bond donors (Lipinski definition) is 3. The summed E-state index contributed by atoms with van der Waals surface area (Å²) in [6.45, 7) is 6.92. The average Bonchev–Trinajstić information content (AvgIpc) is 3.35. The van der Waals surface area contributed by atoms with Crippen molar-refractivity contribution in [1.82, 2.24) is 15.6 Å². The molecule has 32 heavy (non-hydrogen) atoms. The van der Waals surface area contributed by atoms with Gasteiger partial charge in [0.2, 0.25) is 0 Å². The number of hydrogen-bond acceptors (Lipinski definition) is 6. The predicted octanol–water partition coefficient (Wildman–Crippen LogP) is 4.12. The first-order chi connectivity index (χ1) is 15.5. The van der Waals surface area contributed by atoms with Crippen molar-refractivity contribution in [3.8, 4) is 0 Å². The van der Waals surface area contributed by atoms with Gasteiger partial charge >= 0.3 is 0 Å². The van der Waals surface area contributed by atoms with E-state index >= 15 is 0 Å². The highest BCUT2D eigenvalue weighted by Gasteiger charge is 2.32. The molecule has 6 nitrogen and oxygen atoms in total. The molecule has 3 aromatic rings. The topological polar surface area (TPSA) is 69.3 Å². The molecule has 7 heteroatoms. The maximum absolute atomic E-state index is 13.0. The molecule has 2 saturated heterocycles. The van der Waals surface area contributed by atoms with E-state index in [1.54, 1.807) is 0 Å². The van der Waals surface area contributed by atoms with Gasteiger partial charge < -0.3 is 20.9 Å². The number of benzene rings is 1. The first kappa shape index (κ1) is 21.2. The maximum atomic E-state index is 13.0. The van der Waals surface area contributed by atoms with Gasteiger partial charge in [-0.2, -0.15) is 0 Å². The van der Waals surface area contributed by atoms with E-state index in [1.165, 1.54) is 35.4 Å². The SMILES string of the molecule is CNc1c(C(=O)NC[C@H](C)c2ccc(N3C[C@H]4CC[C@@H](C3)N4)cc2)sc2nc(C)ccc12. The van der Waals surface area contributed by atoms with Crippen LogP contribution in [0, 0.1) is 6.92 Å². The van der Waals surface area contributed by atoms with E-state index in [2.05, 4.69) is 57.0 Å². The van der Waals surface area contributed by atoms with Crippen molar-refractivity contribution < 1.29 is 4.79 Å². The van der Waals surface area contributed by atoms with Gasteiger partial charge in [-0.1, -0.05) is 19.1 Å². The first-order valence-electron chi connectivity index (χ1n) is 11.5. The summed E-state index contributed by atoms with van der Waals surface area (Å²) in [5.41, 5.74) is 4.36. The van der Waals surface area contributed by atoms with E-state index in [9.17, 15) is 4.79 Å². The molecule has 2 bridgehead atoms. The molecule has 0 unspecified atom stereocenters. The number of aryl methyl sites for hydroxylation is 1. The molecule has 2 aromatic heterocycles. The molecule has 5 rings (SSSR count). The van der Waals surface area contributed by atoms with Crippen molar-refractivity contribution in [2.24, 2.45) is 0 Å². The summed E-state index contributed by atoms with van der Waals surface area (Å²) < 4.78 is 0. The molecular weight excluding hydrogens is 418 g/mol. The molecule has 168 valence electrons. The van der Waals surface area contributed by atoms with Crippen LogP contribution in [0.1, 0.15) is 46.6 Å². The Morgan fingerprint density at radius 1 is 1.19 bits per heavy atom. The minimum atomic E-state index is -0.0465. The Kier molecular flexibility index (Phi) is 5.78. The lowest BCUT2D eigenvalue weighted by atomic mass is 10.0. The molecule has 2 fully saturated rings. The van der Waals surface area contributed by atoms with E-state index in [4.69, 9.17) is 0 Å². The van der Waals surface area contributed by atoms with Crippen molar-refractivity contribution in [2.75, 3.05) is 36.9 Å². The van der Waals surface area contributed by atoms with Gasteiger partial charge in [0.25, 0.3) is 5.91 Å². The average molecular weight is 450 g/mol. The van der Waals surface area contributed by atoms with Crippen LogP contribution in [0.25, 0.3) is 10.2 Å². The summed E-state index contributed by atoms with van der Waals surface area (Å²) in [4.78, 5) is 21.6. The number of piperazine rings is 1. The quantitative estimate of drug-likeness (QED) is 0.528. The van der Waals surface area contributed by atoms with E-state index in [0.717, 1.165) is 34.7 Å². The van der Waals surface area contributed by atoms with Gasteiger partial charge in [-0.05, 0) is 55.5 Å². The normalized spacial score (nSPS) is 21.0. The Hall–Kier alpha value is -2.64. The van der Waals surface area contributed by atoms with Gasteiger partial charge in [0, 0.05) is 55.5 Å². The van der Waals surface area contributed by atoms with Crippen LogP contribution in [0.4, 0.5) is 11.4 Å². The summed E-state index contributed by atoms with van der Waals surface area (Å²) in [5.74, 6) is 0.190. The molecule has 0 saturated carbocycles. The molecule has 3 N–H and O–H groups in total. The second kappa shape index (κ2) is 8.71. The molecule has 2 aliphatic rings. The minimum absolute atomic E-state index is 0.0465. The van der Waals surface area contributed by atoms with E-state index in [0.29, 0.717) is 23.5 Å². The van der Waals surface area contributed by atoms with Gasteiger partial charge in [-0.15, -0.1) is 11.3 Å². The van der Waals surface area contributed by atoms with Crippen LogP contribution in [0.3, 0.4) is 0 Å². The molecule has 0 aliphatic carbocycles. The number of carbonyl (C=O) groups is 1. The zero-order valence-corrected chi connectivity index (χ0v) is 19.8. The number of fused-ring (bicyclic) bond motifs is 3. The standard InChI is InChI=1S/C25H31N5OS/c1-15(17-5-9-20(10-6-17)30-13-18-7-8-19(14-30)29-18)12-27-24(31)23-22(26-3)21-11-4-16(2)28-25(21)32-23/h4-6,9-11,15,18-19,26,29H,7-8,12-14H2,1-3H3,(H,27,31)/t15-,18-,19+/m0/s1. The zero-order valence-electron chi connectivity index (χ0n) is 18.9. The van der Waals surface area contributed by atoms with E-state index in [1.807, 2.05) is 26.1 Å². The number of anilines is 2. The molecule has 1 aromatic carbocycles. The zero-order chi connectivity index (χ0) is 22.2. The van der Waals surface area contributed by atoms with Gasteiger partial charge in [0.1, 0.15) is 9.71 Å². The number of thiophene rings is 1. The van der Waals surface area contributed by atoms with Crippen LogP contribution < -0.4 is 20.9 Å². The van der Waals surface area contributed by atoms with Crippen LogP contribution in [0.15, 0.2) is 36.4 Å². The Bertz CT molecular complexity index is 1110. The van der Waals surface area contributed by atoms with Gasteiger partial charge in [0.15, 0.2) is 0 Å². The number of nitrogens with zero attached hydrogens (tertiary/aromatic N) is 2. The Labute approximate surface area is 193 Å². The molecule has 0 spiro atoms. The summed E-state index contributed by atoms with van der Waals surface area (Å²) in [6, 6.07) is 14.2. The molecule has 2 aliphatic heterocycles. The molecule has 4 heterocycles. The Morgan fingerprint density at radius 3 is 2.59 bits per heavy atom. The number of carbonyl (C=O) groups excluding carboxylic acids is 1. The lowest BCUT2D eigenvalue weighted by molar-refractivity contribution is 0.0956. The lowest BCUT2D eigenvalue weighted by Gasteiger charge is -2.34. The van der Waals surface area contributed by atoms with Crippen LogP contribution >= 0.6 is 11.3 Å². The fourth-order valence-electron chi connectivity index (χ4n) is 4.94. The second-order valence-electron chi connectivity index (χ2n) is 9.11. The number of aromatic nitrogens is 1. The third-order valence-corrected chi connectivity index (χ3v) is 7.86. The highest BCUT2D eigenvalue weighted by Crippen LogP contribution is 2.34. The summed E-state index contributed by atoms with van der Waals surface area (Å²) in [5, 5.41) is 11.0. The lowest BCUT2D eigenvalue weighted by Crippen LogP contribution is -2.51. The molecular formula is C25H31N5OS. The number of pyridine rings is 1. The summed E-state index contributed by atoms with van der Waals surface area (Å²) >= 11 is 1.45. The smallest absolute Gasteiger partial charge is 0.263 e. The van der Waals surface area contributed by atoms with Crippen molar-refractivity contribution in [2.45, 2.75) is 44.7 Å². The van der Waals surface area contributed by atoms with Crippen molar-refractivity contribution >= 4 is 38.8 Å². The first-order valence-corrected chi connectivity index (χ1v) is 12.3. The molecule has 1 amide bonds. The number of nitrogens with one attached hydrogen (secondary N) is 3. The van der Waals surface area contributed by atoms with Crippen LogP contribution in [-0.2, 0) is 0 Å². The second-order valence-corrected chi connectivity index (χ2v) is 10.1. The fraction of sp³-hybridized carbons (Fsp3) is 0.440. The van der Waals surface area contributed by atoms with Gasteiger partial charge in [-0.3, -0.25) is 4.79 Å². The Morgan fingerprint density at radius 2 is 1.91 bits per heavy atom. The van der Waals surface area contributed by atoms with E-state index < -0.39 is 0 Å². The molecule has 0 radical (unpaired) electrons. The third-order valence-electron chi connectivity index (χ3n) is 6.76. The molecule has 3 atom stereocenters. The highest BCUT2D eigenvalue weighted by atomic mass is 32.1. The van der Waals surface area contributed by atoms with Crippen molar-refractivity contribution in [3.05, 3.63) is 52.5 Å². The summed E-state index contributed by atoms with van der Waals surface area (Å²) in [6.07, 6.45) is 2.58. The fourth-order valence-corrected chi connectivity index (χ4v) is 6.09. The largest absolute Gasteiger partial charge is 0.386 e. The van der Waals surface area contributed by atoms with Crippen molar-refractivity contribution in [3.63, 3.8) is 0 Å². The van der Waals surface area contributed by atoms with Crippen LogP contribution in [0.2, 0.25) is 0 Å². The predicted molar refractivity (Wildman–Crippen MR) is 133 cm³/mol.